The minimum absolute atomic E-state index is 0.228. The first kappa shape index (κ1) is 30.4. The summed E-state index contributed by atoms with van der Waals surface area (Å²) < 4.78 is 140. The van der Waals surface area contributed by atoms with Crippen LogP contribution < -0.4 is 0 Å². The molecule has 0 fully saturated rings. The van der Waals surface area contributed by atoms with E-state index in [0.717, 1.165) is 29.8 Å². The average molecular weight is 615 g/mol. The molecule has 228 valence electrons. The zero-order valence-electron chi connectivity index (χ0n) is 23.0. The molecular formula is C30H23F9N2O2. The highest BCUT2D eigenvalue weighted by atomic mass is 19.4. The molecule has 13 heteroatoms. The van der Waals surface area contributed by atoms with Crippen molar-refractivity contribution in [2.75, 3.05) is 0 Å². The molecular weight excluding hydrogens is 591 g/mol. The smallest absolute Gasteiger partial charge is 0.432 e. The van der Waals surface area contributed by atoms with Crippen molar-refractivity contribution in [3.63, 3.8) is 0 Å². The van der Waals surface area contributed by atoms with Gasteiger partial charge >= 0.3 is 18.5 Å². The molecule has 5 rings (SSSR count). The van der Waals surface area contributed by atoms with Crippen LogP contribution in [0.5, 0.6) is 0 Å². The number of aliphatic imine (C=N–C) groups is 2. The summed E-state index contributed by atoms with van der Waals surface area (Å²) >= 11 is 0. The lowest BCUT2D eigenvalue weighted by Crippen LogP contribution is -2.45. The lowest BCUT2D eigenvalue weighted by Gasteiger charge is -2.38. The fourth-order valence-corrected chi connectivity index (χ4v) is 5.16. The van der Waals surface area contributed by atoms with E-state index in [0.29, 0.717) is 26.0 Å². The Morgan fingerprint density at radius 2 is 1.09 bits per heavy atom. The quantitative estimate of drug-likeness (QED) is 0.276. The number of alkyl halides is 9. The molecule has 2 heterocycles. The van der Waals surface area contributed by atoms with Gasteiger partial charge in [0.2, 0.25) is 17.1 Å². The maximum absolute atomic E-state index is 14.6. The first-order valence-corrected chi connectivity index (χ1v) is 12.8. The Morgan fingerprint density at radius 1 is 0.628 bits per heavy atom. The Balaban J connectivity index is 1.69. The standard InChI is InChI=1S/C30H23F9N2O2/c1-15-5-7-17(8-6-15)25-41-23-12-10-19(14-21(23)27(4,43-25)30(37,38)39)24(28(31,32)33)18-9-11-22-20(13-18)26(3,29(34,35)36)42-16(2)40-22/h5-14,24H,1-4H3. The molecule has 2 aliphatic rings. The van der Waals surface area contributed by atoms with Crippen molar-refractivity contribution in [1.29, 1.82) is 0 Å². The van der Waals surface area contributed by atoms with Gasteiger partial charge in [0, 0.05) is 23.6 Å². The van der Waals surface area contributed by atoms with E-state index in [1.54, 1.807) is 19.1 Å². The van der Waals surface area contributed by atoms with Crippen molar-refractivity contribution >= 4 is 23.2 Å². The number of halogens is 9. The van der Waals surface area contributed by atoms with Crippen molar-refractivity contribution in [3.05, 3.63) is 94.0 Å². The molecule has 0 aromatic heterocycles. The van der Waals surface area contributed by atoms with Crippen LogP contribution in [0.3, 0.4) is 0 Å². The van der Waals surface area contributed by atoms with Gasteiger partial charge in [0.1, 0.15) is 5.92 Å². The molecule has 0 saturated heterocycles. The minimum Gasteiger partial charge on any atom is -0.460 e. The van der Waals surface area contributed by atoms with Crippen molar-refractivity contribution in [1.82, 2.24) is 0 Å². The number of hydrogen-bond acceptors (Lipinski definition) is 4. The van der Waals surface area contributed by atoms with Gasteiger partial charge in [-0.05, 0) is 68.3 Å². The van der Waals surface area contributed by atoms with Gasteiger partial charge in [-0.1, -0.05) is 29.8 Å². The number of rotatable bonds is 3. The number of nitrogens with zero attached hydrogens (tertiary/aromatic N) is 2. The molecule has 0 spiro atoms. The number of ether oxygens (including phenoxy) is 2. The van der Waals surface area contributed by atoms with Gasteiger partial charge in [-0.25, -0.2) is 9.98 Å². The molecule has 3 aromatic rings. The Morgan fingerprint density at radius 3 is 1.56 bits per heavy atom. The summed E-state index contributed by atoms with van der Waals surface area (Å²) in [5, 5.41) is 0. The SMILES string of the molecule is CC1=Nc2ccc(C(c3ccc4c(c3)C(C)(C(F)(F)F)OC(c3ccc(C)cc3)=N4)C(F)(F)F)cc2C(C)(C(F)(F)F)O1. The topological polar surface area (TPSA) is 43.2 Å². The van der Waals surface area contributed by atoms with Gasteiger partial charge in [-0.3, -0.25) is 0 Å². The largest absolute Gasteiger partial charge is 0.460 e. The van der Waals surface area contributed by atoms with E-state index in [9.17, 15) is 39.5 Å². The molecule has 0 aliphatic carbocycles. The monoisotopic (exact) mass is 614 g/mol. The van der Waals surface area contributed by atoms with Gasteiger partial charge < -0.3 is 9.47 Å². The van der Waals surface area contributed by atoms with Crippen LogP contribution in [0.25, 0.3) is 0 Å². The van der Waals surface area contributed by atoms with Crippen LogP contribution >= 0.6 is 0 Å². The van der Waals surface area contributed by atoms with E-state index in [2.05, 4.69) is 9.98 Å². The van der Waals surface area contributed by atoms with E-state index in [-0.39, 0.29) is 28.7 Å². The van der Waals surface area contributed by atoms with Gasteiger partial charge in [-0.2, -0.15) is 39.5 Å². The summed E-state index contributed by atoms with van der Waals surface area (Å²) in [5.41, 5.74) is -8.19. The fraction of sp³-hybridized carbons (Fsp3) is 0.333. The van der Waals surface area contributed by atoms with E-state index in [1.807, 2.05) is 0 Å². The third-order valence-corrected chi connectivity index (χ3v) is 7.60. The number of aryl methyl sites for hydroxylation is 1. The molecule has 4 nitrogen and oxygen atoms in total. The Kier molecular flexibility index (Phi) is 6.90. The third-order valence-electron chi connectivity index (χ3n) is 7.60. The fourth-order valence-electron chi connectivity index (χ4n) is 5.16. The summed E-state index contributed by atoms with van der Waals surface area (Å²) in [6.07, 6.45) is -15.2. The maximum Gasteiger partial charge on any atom is 0.432 e. The van der Waals surface area contributed by atoms with Crippen molar-refractivity contribution < 1.29 is 49.0 Å². The predicted octanol–water partition coefficient (Wildman–Crippen LogP) is 9.43. The van der Waals surface area contributed by atoms with Crippen LogP contribution in [0.15, 0.2) is 70.6 Å². The van der Waals surface area contributed by atoms with Gasteiger partial charge in [-0.15, -0.1) is 0 Å². The van der Waals surface area contributed by atoms with Crippen LogP contribution in [0, 0.1) is 6.92 Å². The zero-order chi connectivity index (χ0) is 31.8. The van der Waals surface area contributed by atoms with E-state index in [1.165, 1.54) is 19.1 Å². The van der Waals surface area contributed by atoms with Crippen molar-refractivity contribution in [2.24, 2.45) is 9.98 Å². The third kappa shape index (κ3) is 5.12. The number of hydrogen-bond donors (Lipinski definition) is 0. The minimum atomic E-state index is -5.12. The van der Waals surface area contributed by atoms with Crippen LogP contribution in [0.1, 0.15) is 60.1 Å². The van der Waals surface area contributed by atoms with Gasteiger partial charge in [0.25, 0.3) is 0 Å². The van der Waals surface area contributed by atoms with Crippen molar-refractivity contribution in [3.8, 4) is 0 Å². The average Bonchev–Trinajstić information content (AvgIpc) is 2.87. The Labute approximate surface area is 239 Å². The molecule has 0 N–H and O–H groups in total. The highest BCUT2D eigenvalue weighted by Gasteiger charge is 2.59. The first-order valence-electron chi connectivity index (χ1n) is 12.8. The molecule has 0 bridgehead atoms. The molecule has 3 atom stereocenters. The molecule has 0 radical (unpaired) electrons. The Bertz CT molecular complexity index is 1640. The first-order chi connectivity index (χ1) is 19.7. The second-order valence-corrected chi connectivity index (χ2v) is 10.7. The van der Waals surface area contributed by atoms with Crippen LogP contribution in [-0.4, -0.2) is 30.3 Å². The highest BCUT2D eigenvalue weighted by molar-refractivity contribution is 5.97. The molecule has 0 amide bonds. The molecule has 2 aliphatic heterocycles. The van der Waals surface area contributed by atoms with Gasteiger partial charge in [0.05, 0.1) is 11.4 Å². The van der Waals surface area contributed by atoms with E-state index < -0.39 is 57.9 Å². The second-order valence-electron chi connectivity index (χ2n) is 10.7. The summed E-state index contributed by atoms with van der Waals surface area (Å²) in [5.74, 6) is -3.31. The number of benzene rings is 3. The second kappa shape index (κ2) is 9.75. The highest BCUT2D eigenvalue weighted by Crippen LogP contribution is 2.53. The summed E-state index contributed by atoms with van der Waals surface area (Å²) in [4.78, 5) is 8.04. The van der Waals surface area contributed by atoms with Crippen molar-refractivity contribution in [2.45, 2.75) is 63.3 Å². The molecule has 0 saturated carbocycles. The van der Waals surface area contributed by atoms with E-state index in [4.69, 9.17) is 9.47 Å². The maximum atomic E-state index is 14.6. The zero-order valence-corrected chi connectivity index (χ0v) is 23.0. The lowest BCUT2D eigenvalue weighted by molar-refractivity contribution is -0.253. The van der Waals surface area contributed by atoms with Crippen LogP contribution in [-0.2, 0) is 20.7 Å². The molecule has 3 unspecified atom stereocenters. The normalized spacial score (nSPS) is 22.8. The van der Waals surface area contributed by atoms with E-state index >= 15 is 0 Å². The van der Waals surface area contributed by atoms with Gasteiger partial charge in [0.15, 0.2) is 5.90 Å². The predicted molar refractivity (Wildman–Crippen MR) is 140 cm³/mol. The summed E-state index contributed by atoms with van der Waals surface area (Å²) in [7, 11) is 0. The summed E-state index contributed by atoms with van der Waals surface area (Å²) in [6, 6.07) is 11.6. The van der Waals surface area contributed by atoms with Crippen LogP contribution in [0.2, 0.25) is 0 Å². The Hall–Kier alpha value is -4.03. The molecule has 43 heavy (non-hydrogen) atoms. The number of fused-ring (bicyclic) bond motifs is 2. The lowest BCUT2D eigenvalue weighted by atomic mass is 9.82. The van der Waals surface area contributed by atoms with Crippen LogP contribution in [0.4, 0.5) is 50.9 Å². The molecule has 3 aromatic carbocycles. The summed E-state index contributed by atoms with van der Waals surface area (Å²) in [6.45, 7) is 4.31.